The first kappa shape index (κ1) is 21.4. The largest absolute Gasteiger partial charge is 0.349 e. The minimum Gasteiger partial charge on any atom is -0.349 e. The number of aromatic nitrogens is 2. The molecule has 0 atom stereocenters. The van der Waals surface area contributed by atoms with Crippen LogP contribution < -0.4 is 10.6 Å². The van der Waals surface area contributed by atoms with Crippen LogP contribution in [0.25, 0.3) is 11.0 Å². The molecule has 0 radical (unpaired) electrons. The van der Waals surface area contributed by atoms with Gasteiger partial charge in [-0.25, -0.2) is 4.98 Å². The highest BCUT2D eigenvalue weighted by molar-refractivity contribution is 6.08. The van der Waals surface area contributed by atoms with Crippen molar-refractivity contribution in [2.24, 2.45) is 11.7 Å². The zero-order valence-corrected chi connectivity index (χ0v) is 19.6. The van der Waals surface area contributed by atoms with Gasteiger partial charge in [-0.3, -0.25) is 9.69 Å². The normalized spacial score (nSPS) is 27.4. The maximum Gasteiger partial charge on any atom is 0.259 e. The number of pyridine rings is 1. The molecule has 8 nitrogen and oxygen atoms in total. The Kier molecular flexibility index (Phi) is 5.76. The number of carbonyl (C=O) groups is 1. The van der Waals surface area contributed by atoms with E-state index in [4.69, 9.17) is 5.73 Å². The molecule has 4 heterocycles. The van der Waals surface area contributed by atoms with Crippen molar-refractivity contribution in [3.8, 4) is 0 Å². The van der Waals surface area contributed by atoms with E-state index in [0.717, 1.165) is 73.9 Å². The van der Waals surface area contributed by atoms with Gasteiger partial charge in [-0.2, -0.15) is 0 Å². The maximum atomic E-state index is 13.3. The Morgan fingerprint density at radius 3 is 2.39 bits per heavy atom. The summed E-state index contributed by atoms with van der Waals surface area (Å²) in [7, 11) is 0. The van der Waals surface area contributed by atoms with Crippen LogP contribution in [0.2, 0.25) is 0 Å². The summed E-state index contributed by atoms with van der Waals surface area (Å²) in [5.41, 5.74) is 8.51. The van der Waals surface area contributed by atoms with E-state index in [0.29, 0.717) is 12.1 Å². The average Bonchev–Trinajstić information content (AvgIpc) is 3.57. The van der Waals surface area contributed by atoms with E-state index in [2.05, 4.69) is 35.6 Å². The molecule has 2 saturated carbocycles. The quantitative estimate of drug-likeness (QED) is 0.700. The van der Waals surface area contributed by atoms with Crippen LogP contribution >= 0.6 is 0 Å². The predicted molar refractivity (Wildman–Crippen MR) is 130 cm³/mol. The summed E-state index contributed by atoms with van der Waals surface area (Å²) in [6.45, 7) is 8.43. The molecule has 6 rings (SSSR count). The number of fused-ring (bicyclic) bond motifs is 3. The summed E-state index contributed by atoms with van der Waals surface area (Å²) >= 11 is 0. The van der Waals surface area contributed by atoms with Crippen LogP contribution in [0, 0.1) is 5.92 Å². The Morgan fingerprint density at radius 1 is 0.970 bits per heavy atom. The van der Waals surface area contributed by atoms with Crippen molar-refractivity contribution in [2.75, 3.05) is 57.4 Å². The van der Waals surface area contributed by atoms with Crippen molar-refractivity contribution in [3.63, 3.8) is 0 Å². The molecular formula is C25H37N7O. The van der Waals surface area contributed by atoms with Crippen LogP contribution in [0.5, 0.6) is 0 Å². The number of amides is 1. The van der Waals surface area contributed by atoms with Gasteiger partial charge in [0.1, 0.15) is 5.65 Å². The maximum absolute atomic E-state index is 13.3. The molecule has 3 N–H and O–H groups in total. The Morgan fingerprint density at radius 2 is 1.67 bits per heavy atom. The van der Waals surface area contributed by atoms with E-state index in [-0.39, 0.29) is 5.91 Å². The minimum absolute atomic E-state index is 0.168. The van der Waals surface area contributed by atoms with Crippen molar-refractivity contribution in [2.45, 2.75) is 50.6 Å². The fourth-order valence-electron chi connectivity index (χ4n) is 6.26. The number of nitrogens with zero attached hydrogens (tertiary/aromatic N) is 5. The lowest BCUT2D eigenvalue weighted by molar-refractivity contribution is 0.0715. The number of H-pyrrole nitrogens is 1. The molecule has 1 saturated heterocycles. The molecule has 2 aromatic rings. The van der Waals surface area contributed by atoms with E-state index in [1.165, 1.54) is 45.3 Å². The summed E-state index contributed by atoms with van der Waals surface area (Å²) < 4.78 is 0. The van der Waals surface area contributed by atoms with Gasteiger partial charge in [-0.05, 0) is 50.5 Å². The summed E-state index contributed by atoms with van der Waals surface area (Å²) in [6, 6.07) is 3.00. The number of hydrogen-bond acceptors (Lipinski definition) is 6. The molecule has 178 valence electrons. The number of aromatic amines is 1. The number of nitrogens with two attached hydrogens (primary N) is 1. The van der Waals surface area contributed by atoms with Crippen molar-refractivity contribution in [1.82, 2.24) is 24.7 Å². The van der Waals surface area contributed by atoms with Crippen LogP contribution in [0.3, 0.4) is 0 Å². The first-order chi connectivity index (χ1) is 16.2. The van der Waals surface area contributed by atoms with Crippen LogP contribution in [-0.2, 0) is 0 Å². The van der Waals surface area contributed by atoms with Crippen LogP contribution in [0.15, 0.2) is 18.5 Å². The standard InChI is InChI=1S/C25H37N7O/c26-8-10-29-11-13-30(14-12-29)16-18-1-3-19(4-2-18)31-17-32(20-5-6-20)25(33)22-15-28-24-21(23(22)31)7-9-27-24/h7,9,15,18-20H,1-6,8,10-14,16-17,26H2,(H,27,28). The highest BCUT2D eigenvalue weighted by Crippen LogP contribution is 2.41. The van der Waals surface area contributed by atoms with E-state index in [1.807, 2.05) is 6.20 Å². The fraction of sp³-hybridized carbons (Fsp3) is 0.680. The second-order valence-electron chi connectivity index (χ2n) is 10.5. The molecular weight excluding hydrogens is 414 g/mol. The highest BCUT2D eigenvalue weighted by Gasteiger charge is 2.42. The molecule has 0 aromatic carbocycles. The summed E-state index contributed by atoms with van der Waals surface area (Å²) in [4.78, 5) is 30.9. The third-order valence-corrected chi connectivity index (χ3v) is 8.31. The van der Waals surface area contributed by atoms with Gasteiger partial charge in [0.15, 0.2) is 0 Å². The zero-order chi connectivity index (χ0) is 22.4. The van der Waals surface area contributed by atoms with Gasteiger partial charge in [-0.1, -0.05) is 0 Å². The topological polar surface area (TPSA) is 84.7 Å². The lowest BCUT2D eigenvalue weighted by Crippen LogP contribution is -2.53. The molecule has 33 heavy (non-hydrogen) atoms. The summed E-state index contributed by atoms with van der Waals surface area (Å²) in [5, 5.41) is 1.09. The summed E-state index contributed by atoms with van der Waals surface area (Å²) in [6.07, 6.45) is 11.0. The lowest BCUT2D eigenvalue weighted by atomic mass is 9.84. The van der Waals surface area contributed by atoms with E-state index >= 15 is 0 Å². The average molecular weight is 452 g/mol. The van der Waals surface area contributed by atoms with Crippen molar-refractivity contribution >= 4 is 22.6 Å². The van der Waals surface area contributed by atoms with Crippen molar-refractivity contribution in [1.29, 1.82) is 0 Å². The van der Waals surface area contributed by atoms with Crippen molar-refractivity contribution < 1.29 is 4.79 Å². The smallest absolute Gasteiger partial charge is 0.259 e. The van der Waals surface area contributed by atoms with E-state index < -0.39 is 0 Å². The minimum atomic E-state index is 0.168. The molecule has 4 aliphatic rings. The first-order valence-corrected chi connectivity index (χ1v) is 12.9. The SMILES string of the molecule is NCCN1CCN(CC2CCC(N3CN(C4CC4)C(=O)c4cnc5[nH]ccc5c43)CC2)CC1. The number of rotatable bonds is 6. The molecule has 0 bridgehead atoms. The lowest BCUT2D eigenvalue weighted by Gasteiger charge is -2.45. The monoisotopic (exact) mass is 451 g/mol. The Labute approximate surface area is 196 Å². The third-order valence-electron chi connectivity index (χ3n) is 8.31. The van der Waals surface area contributed by atoms with Crippen LogP contribution in [-0.4, -0.2) is 95.1 Å². The molecule has 2 aromatic heterocycles. The fourth-order valence-corrected chi connectivity index (χ4v) is 6.26. The second kappa shape index (κ2) is 8.89. The number of piperazine rings is 1. The molecule has 1 amide bonds. The van der Waals surface area contributed by atoms with E-state index in [1.54, 1.807) is 6.20 Å². The van der Waals surface area contributed by atoms with Gasteiger partial charge in [0.2, 0.25) is 0 Å². The Hall–Kier alpha value is -2.16. The van der Waals surface area contributed by atoms with Gasteiger partial charge >= 0.3 is 0 Å². The second-order valence-corrected chi connectivity index (χ2v) is 10.5. The molecule has 0 spiro atoms. The Bertz CT molecular complexity index is 986. The third kappa shape index (κ3) is 4.13. The van der Waals surface area contributed by atoms with E-state index in [9.17, 15) is 4.79 Å². The molecule has 2 aliphatic carbocycles. The van der Waals surface area contributed by atoms with Gasteiger partial charge in [0.05, 0.1) is 17.9 Å². The van der Waals surface area contributed by atoms with Crippen LogP contribution in [0.4, 0.5) is 5.69 Å². The molecule has 8 heteroatoms. The van der Waals surface area contributed by atoms with Crippen molar-refractivity contribution in [3.05, 3.63) is 24.0 Å². The summed E-state index contributed by atoms with van der Waals surface area (Å²) in [5.74, 6) is 0.958. The molecule has 0 unspecified atom stereocenters. The number of carbonyl (C=O) groups excluding carboxylic acids is 1. The van der Waals surface area contributed by atoms with Gasteiger partial charge < -0.3 is 25.4 Å². The number of hydrogen-bond donors (Lipinski definition) is 2. The molecule has 2 aliphatic heterocycles. The van der Waals surface area contributed by atoms with Gasteiger partial charge in [0.25, 0.3) is 5.91 Å². The highest BCUT2D eigenvalue weighted by atomic mass is 16.2. The first-order valence-electron chi connectivity index (χ1n) is 12.9. The number of nitrogens with one attached hydrogen (secondary N) is 1. The number of anilines is 1. The Balaban J connectivity index is 1.14. The molecule has 3 fully saturated rings. The van der Waals surface area contributed by atoms with Gasteiger partial charge in [-0.15, -0.1) is 0 Å². The van der Waals surface area contributed by atoms with Crippen LogP contribution in [0.1, 0.15) is 48.9 Å². The van der Waals surface area contributed by atoms with Gasteiger partial charge in [0, 0.05) is 75.7 Å². The predicted octanol–water partition coefficient (Wildman–Crippen LogP) is 2.08. The zero-order valence-electron chi connectivity index (χ0n) is 19.6.